The number of phosphoric acid groups is 1. The Balaban J connectivity index is 1.41. The highest BCUT2D eigenvalue weighted by Gasteiger charge is 2.54. The molecule has 2 aromatic heterocycles. The number of H-pyrrole nitrogens is 1. The Morgan fingerprint density at radius 3 is 2.59 bits per heavy atom. The van der Waals surface area contributed by atoms with Gasteiger partial charge in [-0.3, -0.25) is 9.05 Å². The van der Waals surface area contributed by atoms with E-state index in [0.717, 1.165) is 0 Å². The lowest BCUT2D eigenvalue weighted by Crippen LogP contribution is -2.60. The molecular weight excluding hydrogens is 619 g/mol. The van der Waals surface area contributed by atoms with Crippen LogP contribution in [0, 0.1) is 0 Å². The Labute approximate surface area is 236 Å². The highest BCUT2D eigenvalue weighted by atomic mass is 32.7. The lowest BCUT2D eigenvalue weighted by atomic mass is 9.88. The number of hydrogen-bond acceptors (Lipinski definition) is 16. The van der Waals surface area contributed by atoms with Crippen molar-refractivity contribution >= 4 is 43.7 Å². The average Bonchev–Trinajstić information content (AvgIpc) is 3.41. The molecule has 2 saturated heterocycles. The van der Waals surface area contributed by atoms with E-state index in [-0.39, 0.29) is 5.82 Å². The molecule has 4 heterocycles. The van der Waals surface area contributed by atoms with E-state index in [0.29, 0.717) is 16.6 Å². The molecular formula is C19H30FN5O13P2S. The number of aliphatic hydroxyl groups is 5. The van der Waals surface area contributed by atoms with Crippen LogP contribution in [0.4, 0.5) is 10.2 Å². The maximum atomic E-state index is 13.9. The molecule has 2 aromatic rings. The first-order chi connectivity index (χ1) is 19.0. The Hall–Kier alpha value is -1.32. The summed E-state index contributed by atoms with van der Waals surface area (Å²) in [4.78, 5) is 21.0. The first kappa shape index (κ1) is 32.6. The number of aliphatic hydroxyl groups excluding tert-OH is 4. The summed E-state index contributed by atoms with van der Waals surface area (Å²) < 4.78 is 64.0. The number of phosphoric ester groups is 1. The van der Waals surface area contributed by atoms with Crippen LogP contribution in [0.15, 0.2) is 12.5 Å². The van der Waals surface area contributed by atoms with Gasteiger partial charge in [0.25, 0.3) is 0 Å². The molecule has 232 valence electrons. The van der Waals surface area contributed by atoms with Crippen molar-refractivity contribution in [2.75, 3.05) is 18.9 Å². The van der Waals surface area contributed by atoms with Gasteiger partial charge in [0, 0.05) is 11.8 Å². The first-order valence-electron chi connectivity index (χ1n) is 11.8. The second-order valence-electron chi connectivity index (χ2n) is 9.59. The third-order valence-electron chi connectivity index (χ3n) is 6.70. The molecule has 11 N–H and O–H groups in total. The second kappa shape index (κ2) is 12.0. The summed E-state index contributed by atoms with van der Waals surface area (Å²) in [5.74, 6) is 0.150. The highest BCUT2D eigenvalue weighted by molar-refractivity contribution is 8.45. The van der Waals surface area contributed by atoms with Crippen molar-refractivity contribution in [1.82, 2.24) is 15.0 Å². The van der Waals surface area contributed by atoms with Gasteiger partial charge in [0.2, 0.25) is 0 Å². The van der Waals surface area contributed by atoms with Gasteiger partial charge in [0.05, 0.1) is 24.8 Å². The van der Waals surface area contributed by atoms with Crippen molar-refractivity contribution < 1.29 is 66.8 Å². The number of halogens is 1. The van der Waals surface area contributed by atoms with Crippen LogP contribution in [0.3, 0.4) is 0 Å². The van der Waals surface area contributed by atoms with E-state index in [1.807, 2.05) is 0 Å². The Morgan fingerprint density at radius 1 is 1.24 bits per heavy atom. The van der Waals surface area contributed by atoms with E-state index in [2.05, 4.69) is 36.0 Å². The van der Waals surface area contributed by atoms with Crippen LogP contribution >= 0.6 is 26.9 Å². The van der Waals surface area contributed by atoms with E-state index in [4.69, 9.17) is 30.6 Å². The Morgan fingerprint density at radius 2 is 1.93 bits per heavy atom. The summed E-state index contributed by atoms with van der Waals surface area (Å²) in [5.41, 5.74) is 11.4. The molecule has 12 atom stereocenters. The standard InChI is InChI=1S/C19H30FN5O13P2S/c1-19(30)15(21)8(35-16(19)6-2-23-10-9(6)24-5-25-17(10)22)4-34-40(33,41)38-39(31,32)37-18-13(29)11(27)12(28)14(36-18)7(20)3-26/h2,5,7-8,11-16,18,23,26-30H,3-4,21H2,1H3,(H,31,32)(H,33,41)(H2,22,24,25)/t7-,8+,11?,12?,13?,14?,15+,16-,18?,19+,40?/m0/s1. The van der Waals surface area contributed by atoms with E-state index >= 15 is 0 Å². The van der Waals surface area contributed by atoms with Gasteiger partial charge in [-0.25, -0.2) is 23.5 Å². The van der Waals surface area contributed by atoms with Crippen LogP contribution in [-0.2, 0) is 32.0 Å². The highest BCUT2D eigenvalue weighted by Crippen LogP contribution is 2.66. The minimum Gasteiger partial charge on any atom is -0.393 e. The number of anilines is 1. The van der Waals surface area contributed by atoms with Gasteiger partial charge in [-0.1, -0.05) is 12.2 Å². The number of alkyl halides is 1. The van der Waals surface area contributed by atoms with Crippen LogP contribution in [-0.4, -0.2) is 113 Å². The van der Waals surface area contributed by atoms with Crippen molar-refractivity contribution in [3.05, 3.63) is 18.1 Å². The number of thiol groups is 1. The number of hydrogen-bond donors (Lipinski definition) is 10. The van der Waals surface area contributed by atoms with Gasteiger partial charge < -0.3 is 56.4 Å². The number of nitrogens with zero attached hydrogens (tertiary/aromatic N) is 2. The fraction of sp³-hybridized carbons (Fsp3) is 0.684. The summed E-state index contributed by atoms with van der Waals surface area (Å²) >= 11 is 3.62. The van der Waals surface area contributed by atoms with Crippen LogP contribution in [0.25, 0.3) is 11.0 Å². The summed E-state index contributed by atoms with van der Waals surface area (Å²) in [5, 5.41) is 49.9. The third-order valence-corrected chi connectivity index (χ3v) is 10.3. The number of ether oxygens (including phenoxy) is 2. The number of aromatic amines is 1. The summed E-state index contributed by atoms with van der Waals surface area (Å²) in [6.45, 7) is -5.24. The molecule has 0 aromatic carbocycles. The van der Waals surface area contributed by atoms with Gasteiger partial charge in [-0.05, 0) is 6.92 Å². The molecule has 0 amide bonds. The molecule has 7 unspecified atom stereocenters. The summed E-state index contributed by atoms with van der Waals surface area (Å²) in [6, 6.07) is -1.15. The zero-order valence-electron chi connectivity index (χ0n) is 21.1. The minimum atomic E-state index is -5.50. The van der Waals surface area contributed by atoms with Gasteiger partial charge in [-0.2, -0.15) is 4.31 Å². The van der Waals surface area contributed by atoms with Crippen molar-refractivity contribution in [3.63, 3.8) is 0 Å². The predicted molar refractivity (Wildman–Crippen MR) is 138 cm³/mol. The molecule has 0 saturated carbocycles. The molecule has 0 aliphatic carbocycles. The van der Waals surface area contributed by atoms with Crippen LogP contribution in [0.5, 0.6) is 0 Å². The van der Waals surface area contributed by atoms with Crippen molar-refractivity contribution in [1.29, 1.82) is 0 Å². The number of nitrogens with one attached hydrogen (secondary N) is 1. The topological polar surface area (TPSA) is 295 Å². The number of aromatic nitrogens is 3. The lowest BCUT2D eigenvalue weighted by Gasteiger charge is -2.41. The lowest BCUT2D eigenvalue weighted by molar-refractivity contribution is -0.287. The largest absolute Gasteiger partial charge is 0.482 e. The Kier molecular flexibility index (Phi) is 9.53. The number of rotatable bonds is 10. The Bertz CT molecular complexity index is 1340. The maximum Gasteiger partial charge on any atom is 0.482 e. The van der Waals surface area contributed by atoms with Crippen molar-refractivity contribution in [2.45, 2.75) is 67.7 Å². The molecule has 0 bridgehead atoms. The molecule has 41 heavy (non-hydrogen) atoms. The smallest absolute Gasteiger partial charge is 0.393 e. The van der Waals surface area contributed by atoms with E-state index < -0.39 is 88.6 Å². The number of nitrogens with two attached hydrogens (primary N) is 2. The normalized spacial score (nSPS) is 38.0. The van der Waals surface area contributed by atoms with Gasteiger partial charge in [0.1, 0.15) is 54.1 Å². The monoisotopic (exact) mass is 649 g/mol. The fourth-order valence-corrected chi connectivity index (χ4v) is 7.68. The zero-order chi connectivity index (χ0) is 30.5. The number of nitrogen functional groups attached to an aromatic ring is 1. The minimum absolute atomic E-state index is 0.150. The molecule has 4 rings (SSSR count). The van der Waals surface area contributed by atoms with Crippen LogP contribution in [0.1, 0.15) is 18.6 Å². The van der Waals surface area contributed by atoms with E-state index in [9.17, 15) is 38.8 Å². The second-order valence-corrected chi connectivity index (χ2v) is 14.1. The molecule has 18 nitrogen and oxygen atoms in total. The van der Waals surface area contributed by atoms with Crippen molar-refractivity contribution in [2.24, 2.45) is 5.73 Å². The molecule has 22 heteroatoms. The summed E-state index contributed by atoms with van der Waals surface area (Å²) in [6.07, 6.45) is -12.4. The quantitative estimate of drug-likeness (QED) is 0.102. The zero-order valence-corrected chi connectivity index (χ0v) is 23.8. The average molecular weight is 649 g/mol. The van der Waals surface area contributed by atoms with Gasteiger partial charge in [-0.15, -0.1) is 0 Å². The molecule has 2 fully saturated rings. The molecule has 0 spiro atoms. The van der Waals surface area contributed by atoms with Gasteiger partial charge >= 0.3 is 14.6 Å². The maximum absolute atomic E-state index is 13.9. The predicted octanol–water partition coefficient (Wildman–Crippen LogP) is -1.62. The SMILES string of the molecule is C[C@@]1(O)[C@H](N)[C@@H](COP(=O)(S)OP(=O)(O)OC2OC([C@@H](F)CO)C(O)C(O)C2O)O[C@H]1c1c[nH]c2c(N)ncnc12. The van der Waals surface area contributed by atoms with Crippen molar-refractivity contribution in [3.8, 4) is 0 Å². The molecule has 2 aliphatic heterocycles. The van der Waals surface area contributed by atoms with Crippen LogP contribution < -0.4 is 11.5 Å². The molecule has 2 aliphatic rings. The summed E-state index contributed by atoms with van der Waals surface area (Å²) in [7, 11) is -5.50. The molecule has 0 radical (unpaired) electrons. The third kappa shape index (κ3) is 6.62. The number of fused-ring (bicyclic) bond motifs is 1. The van der Waals surface area contributed by atoms with E-state index in [1.54, 1.807) is 0 Å². The first-order valence-corrected chi connectivity index (χ1v) is 16.0. The van der Waals surface area contributed by atoms with Gasteiger partial charge in [0.15, 0.2) is 18.3 Å². The van der Waals surface area contributed by atoms with Crippen LogP contribution in [0.2, 0.25) is 0 Å². The fourth-order valence-electron chi connectivity index (χ4n) is 4.49. The van der Waals surface area contributed by atoms with E-state index in [1.165, 1.54) is 19.4 Å².